The summed E-state index contributed by atoms with van der Waals surface area (Å²) in [6, 6.07) is 5.32. The van der Waals surface area contributed by atoms with Gasteiger partial charge in [0.1, 0.15) is 17.7 Å². The number of nitrogens with one attached hydrogen (secondary N) is 2. The number of rotatable bonds is 2. The Morgan fingerprint density at radius 1 is 1.14 bits per heavy atom. The molecule has 5 rings (SSSR count). The molecule has 0 bridgehead atoms. The lowest BCUT2D eigenvalue weighted by atomic mass is 9.85. The van der Waals surface area contributed by atoms with Crippen LogP contribution in [-0.4, -0.2) is 35.6 Å². The number of halogens is 2. The standard InChI is InChI=1S/C18H13Cl2N7O/c1-8-13-9(14-10(19)3-2-4-11(14)20)5-12(28)25-17(13)27(26-8)18-15-16(22-6-21-15)23-7-24-18/h2-4,6-7,9H,5H2,1H3,(H,25,28)(H,21,22,23,24)/t9-/m0/s1. The van der Waals surface area contributed by atoms with Gasteiger partial charge >= 0.3 is 0 Å². The van der Waals surface area contributed by atoms with Gasteiger partial charge in [0, 0.05) is 27.9 Å². The van der Waals surface area contributed by atoms with Crippen LogP contribution >= 0.6 is 23.2 Å². The van der Waals surface area contributed by atoms with Crippen molar-refractivity contribution in [1.29, 1.82) is 0 Å². The second-order valence-corrected chi connectivity index (χ2v) is 7.31. The molecule has 0 saturated carbocycles. The number of carbonyl (C=O) groups excluding carboxylic acids is 1. The quantitative estimate of drug-likeness (QED) is 0.522. The van der Waals surface area contributed by atoms with E-state index in [0.717, 1.165) is 16.8 Å². The molecule has 28 heavy (non-hydrogen) atoms. The predicted molar refractivity (Wildman–Crippen MR) is 105 cm³/mol. The van der Waals surface area contributed by atoms with Crippen LogP contribution in [0.25, 0.3) is 17.0 Å². The summed E-state index contributed by atoms with van der Waals surface area (Å²) in [6.45, 7) is 1.88. The minimum atomic E-state index is -0.308. The van der Waals surface area contributed by atoms with E-state index >= 15 is 0 Å². The van der Waals surface area contributed by atoms with Crippen molar-refractivity contribution in [2.24, 2.45) is 0 Å². The molecule has 1 aliphatic rings. The van der Waals surface area contributed by atoms with Gasteiger partial charge in [0.15, 0.2) is 11.5 Å². The van der Waals surface area contributed by atoms with Gasteiger partial charge in [0.25, 0.3) is 0 Å². The van der Waals surface area contributed by atoms with E-state index in [1.807, 2.05) is 6.92 Å². The summed E-state index contributed by atoms with van der Waals surface area (Å²) in [5.74, 6) is 0.588. The first-order valence-corrected chi connectivity index (χ1v) is 9.28. The van der Waals surface area contributed by atoms with Crippen molar-refractivity contribution in [3.05, 3.63) is 57.7 Å². The molecule has 1 aromatic carbocycles. The van der Waals surface area contributed by atoms with Crippen molar-refractivity contribution in [1.82, 2.24) is 29.7 Å². The molecule has 10 heteroatoms. The van der Waals surface area contributed by atoms with E-state index in [1.54, 1.807) is 22.9 Å². The zero-order valence-electron chi connectivity index (χ0n) is 14.6. The molecule has 0 spiro atoms. The van der Waals surface area contributed by atoms with Crippen LogP contribution in [0.4, 0.5) is 5.82 Å². The van der Waals surface area contributed by atoms with Crippen LogP contribution in [0.3, 0.4) is 0 Å². The minimum Gasteiger partial charge on any atom is -0.340 e. The van der Waals surface area contributed by atoms with Crippen molar-refractivity contribution >= 4 is 46.1 Å². The highest BCUT2D eigenvalue weighted by Gasteiger charge is 2.35. The number of H-pyrrole nitrogens is 1. The molecular formula is C18H13Cl2N7O. The first-order valence-electron chi connectivity index (χ1n) is 8.52. The second kappa shape index (κ2) is 6.29. The minimum absolute atomic E-state index is 0.149. The van der Waals surface area contributed by atoms with Crippen molar-refractivity contribution in [3.8, 4) is 5.82 Å². The number of hydrogen-bond acceptors (Lipinski definition) is 5. The van der Waals surface area contributed by atoms with Gasteiger partial charge in [-0.1, -0.05) is 29.3 Å². The molecule has 8 nitrogen and oxygen atoms in total. The summed E-state index contributed by atoms with van der Waals surface area (Å²) in [5.41, 5.74) is 3.47. The lowest BCUT2D eigenvalue weighted by Gasteiger charge is -2.25. The molecule has 2 N–H and O–H groups in total. The summed E-state index contributed by atoms with van der Waals surface area (Å²) in [6.07, 6.45) is 3.18. The van der Waals surface area contributed by atoms with E-state index in [4.69, 9.17) is 23.2 Å². The Balaban J connectivity index is 1.76. The van der Waals surface area contributed by atoms with E-state index < -0.39 is 0 Å². The van der Waals surface area contributed by atoms with Crippen LogP contribution < -0.4 is 5.32 Å². The molecule has 140 valence electrons. The molecule has 1 aliphatic heterocycles. The third kappa shape index (κ3) is 2.49. The number of aryl methyl sites for hydroxylation is 1. The van der Waals surface area contributed by atoms with Gasteiger partial charge in [-0.3, -0.25) is 4.79 Å². The van der Waals surface area contributed by atoms with Crippen LogP contribution in [0.1, 0.15) is 29.2 Å². The Bertz CT molecular complexity index is 1230. The Kier molecular flexibility index (Phi) is 3.85. The second-order valence-electron chi connectivity index (χ2n) is 6.50. The molecule has 1 amide bonds. The fraction of sp³-hybridized carbons (Fsp3) is 0.167. The smallest absolute Gasteiger partial charge is 0.226 e. The summed E-state index contributed by atoms with van der Waals surface area (Å²) in [4.78, 5) is 28.2. The van der Waals surface area contributed by atoms with Crippen molar-refractivity contribution in [2.75, 3.05) is 5.32 Å². The van der Waals surface area contributed by atoms with Crippen LogP contribution in [0.5, 0.6) is 0 Å². The maximum Gasteiger partial charge on any atom is 0.226 e. The Hall–Kier alpha value is -2.97. The Morgan fingerprint density at radius 3 is 2.71 bits per heavy atom. The molecule has 1 atom stereocenters. The first kappa shape index (κ1) is 17.2. The largest absolute Gasteiger partial charge is 0.340 e. The van der Waals surface area contributed by atoms with Crippen molar-refractivity contribution in [2.45, 2.75) is 19.3 Å². The third-order valence-electron chi connectivity index (χ3n) is 4.85. The van der Waals surface area contributed by atoms with E-state index in [1.165, 1.54) is 12.7 Å². The summed E-state index contributed by atoms with van der Waals surface area (Å²) < 4.78 is 1.60. The average Bonchev–Trinajstić information content (AvgIpc) is 3.26. The predicted octanol–water partition coefficient (Wildman–Crippen LogP) is 3.63. The normalized spacial score (nSPS) is 16.2. The zero-order valence-corrected chi connectivity index (χ0v) is 16.1. The van der Waals surface area contributed by atoms with Gasteiger partial charge in [-0.15, -0.1) is 0 Å². The maximum absolute atomic E-state index is 12.5. The Labute approximate surface area is 168 Å². The van der Waals surface area contributed by atoms with Crippen molar-refractivity contribution < 1.29 is 4.79 Å². The maximum atomic E-state index is 12.5. The molecule has 4 heterocycles. The number of benzene rings is 1. The third-order valence-corrected chi connectivity index (χ3v) is 5.51. The topological polar surface area (TPSA) is 101 Å². The molecule has 0 saturated heterocycles. The van der Waals surface area contributed by atoms with Crippen LogP contribution in [0, 0.1) is 6.92 Å². The highest BCUT2D eigenvalue weighted by molar-refractivity contribution is 6.36. The number of aromatic nitrogens is 6. The molecule has 0 unspecified atom stereocenters. The number of imidazole rings is 1. The number of carbonyl (C=O) groups is 1. The number of amides is 1. The number of aromatic amines is 1. The monoisotopic (exact) mass is 413 g/mol. The van der Waals surface area contributed by atoms with E-state index in [2.05, 4.69) is 30.4 Å². The van der Waals surface area contributed by atoms with Gasteiger partial charge in [0.2, 0.25) is 5.91 Å². The van der Waals surface area contributed by atoms with E-state index in [-0.39, 0.29) is 18.2 Å². The van der Waals surface area contributed by atoms with Crippen LogP contribution in [0.15, 0.2) is 30.9 Å². The lowest BCUT2D eigenvalue weighted by Crippen LogP contribution is -2.25. The van der Waals surface area contributed by atoms with Gasteiger partial charge in [-0.2, -0.15) is 9.78 Å². The first-order chi connectivity index (χ1) is 13.5. The fourth-order valence-electron chi connectivity index (χ4n) is 3.70. The number of anilines is 1. The van der Waals surface area contributed by atoms with Crippen molar-refractivity contribution in [3.63, 3.8) is 0 Å². The van der Waals surface area contributed by atoms with Gasteiger partial charge in [0.05, 0.1) is 12.0 Å². The SMILES string of the molecule is Cc1nn(-c2ncnc3nc[nH]c23)c2c1[C@@H](c1c(Cl)cccc1Cl)CC(=O)N2. The summed E-state index contributed by atoms with van der Waals surface area (Å²) in [7, 11) is 0. The van der Waals surface area contributed by atoms with Gasteiger partial charge < -0.3 is 10.3 Å². The molecule has 0 radical (unpaired) electrons. The molecule has 0 fully saturated rings. The van der Waals surface area contributed by atoms with Gasteiger partial charge in [-0.25, -0.2) is 15.0 Å². The molecule has 4 aromatic rings. The van der Waals surface area contributed by atoms with Crippen LogP contribution in [0.2, 0.25) is 10.0 Å². The van der Waals surface area contributed by atoms with Crippen LogP contribution in [-0.2, 0) is 4.79 Å². The zero-order chi connectivity index (χ0) is 19.4. The molecule has 3 aromatic heterocycles. The average molecular weight is 414 g/mol. The highest BCUT2D eigenvalue weighted by atomic mass is 35.5. The fourth-order valence-corrected chi connectivity index (χ4v) is 4.36. The van der Waals surface area contributed by atoms with Gasteiger partial charge in [-0.05, 0) is 24.6 Å². The number of nitrogens with zero attached hydrogens (tertiary/aromatic N) is 5. The molecular weight excluding hydrogens is 401 g/mol. The van der Waals surface area contributed by atoms with E-state index in [9.17, 15) is 4.79 Å². The Morgan fingerprint density at radius 2 is 1.93 bits per heavy atom. The number of fused-ring (bicyclic) bond motifs is 2. The summed E-state index contributed by atoms with van der Waals surface area (Å²) in [5, 5.41) is 8.60. The number of hydrogen-bond donors (Lipinski definition) is 2. The lowest BCUT2D eigenvalue weighted by molar-refractivity contribution is -0.116. The molecule has 0 aliphatic carbocycles. The highest BCUT2D eigenvalue weighted by Crippen LogP contribution is 2.44. The van der Waals surface area contributed by atoms with E-state index in [0.29, 0.717) is 32.8 Å². The summed E-state index contributed by atoms with van der Waals surface area (Å²) >= 11 is 12.9.